The Kier molecular flexibility index (Phi) is 3.09. The number of carbonyl (C=O) groups is 1. The predicted octanol–water partition coefficient (Wildman–Crippen LogP) is 1.98. The topological polar surface area (TPSA) is 98.2 Å². The van der Waals surface area contributed by atoms with Crippen molar-refractivity contribution < 1.29 is 9.90 Å². The van der Waals surface area contributed by atoms with Gasteiger partial charge in [-0.15, -0.1) is 0 Å². The molecule has 4 rings (SSSR count). The van der Waals surface area contributed by atoms with Crippen LogP contribution in [0.3, 0.4) is 0 Å². The average Bonchev–Trinajstić information content (AvgIpc) is 3.21. The number of hydrogen-bond acceptors (Lipinski definition) is 5. The third-order valence-electron chi connectivity index (χ3n) is 3.59. The second kappa shape index (κ2) is 5.27. The van der Waals surface area contributed by atoms with Crippen LogP contribution in [0.25, 0.3) is 22.7 Å². The summed E-state index contributed by atoms with van der Waals surface area (Å²) in [4.78, 5) is 19.9. The number of hydrogen-bond donors (Lipinski definition) is 1. The molecule has 0 radical (unpaired) electrons. The Morgan fingerprint density at radius 2 is 2.08 bits per heavy atom. The molecule has 1 N–H and O–H groups in total. The Morgan fingerprint density at radius 3 is 2.88 bits per heavy atom. The van der Waals surface area contributed by atoms with Gasteiger partial charge >= 0.3 is 5.97 Å². The van der Waals surface area contributed by atoms with Crippen molar-refractivity contribution >= 4 is 11.6 Å². The molecule has 0 aromatic carbocycles. The van der Waals surface area contributed by atoms with Crippen LogP contribution < -0.4 is 0 Å². The molecule has 0 aliphatic rings. The summed E-state index contributed by atoms with van der Waals surface area (Å²) in [5.74, 6) is -0.541. The van der Waals surface area contributed by atoms with Gasteiger partial charge in [-0.05, 0) is 37.3 Å². The van der Waals surface area contributed by atoms with E-state index >= 15 is 0 Å². The van der Waals surface area contributed by atoms with E-state index in [2.05, 4.69) is 20.2 Å². The lowest BCUT2D eigenvalue weighted by atomic mass is 10.2. The van der Waals surface area contributed by atoms with Crippen molar-refractivity contribution in [3.05, 3.63) is 60.3 Å². The summed E-state index contributed by atoms with van der Waals surface area (Å²) >= 11 is 0. The van der Waals surface area contributed by atoms with E-state index in [1.807, 2.05) is 31.2 Å². The van der Waals surface area contributed by atoms with Crippen molar-refractivity contribution in [2.75, 3.05) is 0 Å². The zero-order valence-corrected chi connectivity index (χ0v) is 12.7. The normalized spacial score (nSPS) is 11.0. The Bertz CT molecular complexity index is 1070. The molecule has 0 aliphatic carbocycles. The minimum absolute atomic E-state index is 0.0491. The highest BCUT2D eigenvalue weighted by Gasteiger charge is 2.17. The Morgan fingerprint density at radius 1 is 1.21 bits per heavy atom. The first kappa shape index (κ1) is 14.1. The van der Waals surface area contributed by atoms with E-state index in [1.54, 1.807) is 16.8 Å². The van der Waals surface area contributed by atoms with Gasteiger partial charge in [0.2, 0.25) is 0 Å². The standard InChI is InChI=1S/C16H12N6O2/c1-10-3-2-4-15(19-10)22-13(7-12(20-22)16(23)24)11-5-6-14-17-9-18-21(14)8-11/h2-9H,1H3,(H,23,24). The molecule has 118 valence electrons. The first-order valence-electron chi connectivity index (χ1n) is 7.19. The van der Waals surface area contributed by atoms with Gasteiger partial charge in [-0.25, -0.2) is 24.0 Å². The highest BCUT2D eigenvalue weighted by atomic mass is 16.4. The van der Waals surface area contributed by atoms with Crippen molar-refractivity contribution in [1.82, 2.24) is 29.4 Å². The fraction of sp³-hybridized carbons (Fsp3) is 0.0625. The van der Waals surface area contributed by atoms with E-state index < -0.39 is 5.97 Å². The third kappa shape index (κ3) is 2.30. The van der Waals surface area contributed by atoms with Crippen molar-refractivity contribution in [2.24, 2.45) is 0 Å². The Labute approximate surface area is 136 Å². The first-order valence-corrected chi connectivity index (χ1v) is 7.19. The molecule has 4 aromatic heterocycles. The Balaban J connectivity index is 1.94. The van der Waals surface area contributed by atoms with Crippen LogP contribution in [0.15, 0.2) is 48.9 Å². The van der Waals surface area contributed by atoms with Gasteiger partial charge in [0.15, 0.2) is 17.2 Å². The maximum absolute atomic E-state index is 11.3. The zero-order chi connectivity index (χ0) is 16.7. The minimum Gasteiger partial charge on any atom is -0.476 e. The van der Waals surface area contributed by atoms with Gasteiger partial charge in [-0.1, -0.05) is 6.07 Å². The minimum atomic E-state index is -1.09. The molecular formula is C16H12N6O2. The van der Waals surface area contributed by atoms with E-state index in [1.165, 1.54) is 17.1 Å². The lowest BCUT2D eigenvalue weighted by Gasteiger charge is -2.07. The molecule has 0 aliphatic heterocycles. The number of aromatic nitrogens is 6. The quantitative estimate of drug-likeness (QED) is 0.620. The third-order valence-corrected chi connectivity index (χ3v) is 3.59. The number of carboxylic acids is 1. The maximum Gasteiger partial charge on any atom is 0.356 e. The van der Waals surface area contributed by atoms with Crippen LogP contribution >= 0.6 is 0 Å². The van der Waals surface area contributed by atoms with Gasteiger partial charge in [0.1, 0.15) is 6.33 Å². The fourth-order valence-electron chi connectivity index (χ4n) is 2.48. The summed E-state index contributed by atoms with van der Waals surface area (Å²) in [6.45, 7) is 1.87. The van der Waals surface area contributed by atoms with Crippen LogP contribution in [0.2, 0.25) is 0 Å². The second-order valence-electron chi connectivity index (χ2n) is 5.25. The maximum atomic E-state index is 11.3. The molecule has 0 atom stereocenters. The molecule has 0 amide bonds. The number of fused-ring (bicyclic) bond motifs is 1. The Hall–Kier alpha value is -3.55. The van der Waals surface area contributed by atoms with E-state index in [9.17, 15) is 9.90 Å². The highest BCUT2D eigenvalue weighted by molar-refractivity contribution is 5.87. The van der Waals surface area contributed by atoms with E-state index in [4.69, 9.17) is 0 Å². The molecule has 4 aromatic rings. The summed E-state index contributed by atoms with van der Waals surface area (Å²) in [7, 11) is 0. The molecule has 0 saturated heterocycles. The largest absolute Gasteiger partial charge is 0.476 e. The lowest BCUT2D eigenvalue weighted by molar-refractivity contribution is 0.0690. The van der Waals surface area contributed by atoms with Gasteiger partial charge in [-0.2, -0.15) is 10.2 Å². The zero-order valence-electron chi connectivity index (χ0n) is 12.7. The van der Waals surface area contributed by atoms with Crippen LogP contribution in [0.5, 0.6) is 0 Å². The van der Waals surface area contributed by atoms with Crippen molar-refractivity contribution in [3.8, 4) is 17.1 Å². The molecule has 0 bridgehead atoms. The van der Waals surface area contributed by atoms with Crippen LogP contribution in [-0.4, -0.2) is 40.4 Å². The van der Waals surface area contributed by atoms with E-state index in [-0.39, 0.29) is 5.69 Å². The van der Waals surface area contributed by atoms with E-state index in [0.717, 1.165) is 11.3 Å². The van der Waals surface area contributed by atoms with Crippen molar-refractivity contribution in [3.63, 3.8) is 0 Å². The average molecular weight is 320 g/mol. The predicted molar refractivity (Wildman–Crippen MR) is 85.0 cm³/mol. The first-order chi connectivity index (χ1) is 11.6. The molecule has 0 saturated carbocycles. The van der Waals surface area contributed by atoms with Crippen LogP contribution in [-0.2, 0) is 0 Å². The molecular weight excluding hydrogens is 308 g/mol. The monoisotopic (exact) mass is 320 g/mol. The van der Waals surface area contributed by atoms with Gasteiger partial charge in [-0.3, -0.25) is 0 Å². The molecule has 0 unspecified atom stereocenters. The van der Waals surface area contributed by atoms with Crippen LogP contribution in [0.4, 0.5) is 0 Å². The van der Waals surface area contributed by atoms with Gasteiger partial charge in [0.25, 0.3) is 0 Å². The summed E-state index contributed by atoms with van der Waals surface area (Å²) in [5.41, 5.74) is 2.85. The second-order valence-corrected chi connectivity index (χ2v) is 5.25. The highest BCUT2D eigenvalue weighted by Crippen LogP contribution is 2.24. The number of aryl methyl sites for hydroxylation is 1. The number of rotatable bonds is 3. The molecule has 8 heteroatoms. The summed E-state index contributed by atoms with van der Waals surface area (Å²) in [6, 6.07) is 10.7. The summed E-state index contributed by atoms with van der Waals surface area (Å²) in [5, 5.41) is 17.6. The number of carboxylic acid groups (broad SMARTS) is 1. The molecule has 0 spiro atoms. The molecule has 8 nitrogen and oxygen atoms in total. The number of aromatic carboxylic acids is 1. The van der Waals surface area contributed by atoms with Crippen LogP contribution in [0, 0.1) is 6.92 Å². The van der Waals surface area contributed by atoms with E-state index in [0.29, 0.717) is 17.2 Å². The van der Waals surface area contributed by atoms with Crippen molar-refractivity contribution in [1.29, 1.82) is 0 Å². The molecule has 4 heterocycles. The molecule has 24 heavy (non-hydrogen) atoms. The lowest BCUT2D eigenvalue weighted by Crippen LogP contribution is -2.05. The number of nitrogens with zero attached hydrogens (tertiary/aromatic N) is 6. The van der Waals surface area contributed by atoms with Crippen LogP contribution in [0.1, 0.15) is 16.2 Å². The fourth-order valence-corrected chi connectivity index (χ4v) is 2.48. The van der Waals surface area contributed by atoms with Gasteiger partial charge in [0.05, 0.1) is 5.69 Å². The molecule has 0 fully saturated rings. The van der Waals surface area contributed by atoms with Gasteiger partial charge in [0, 0.05) is 17.5 Å². The SMILES string of the molecule is Cc1cccc(-n2nc(C(=O)O)cc2-c2ccc3ncnn3c2)n1. The number of pyridine rings is 2. The summed E-state index contributed by atoms with van der Waals surface area (Å²) < 4.78 is 3.14. The smallest absolute Gasteiger partial charge is 0.356 e. The van der Waals surface area contributed by atoms with Crippen molar-refractivity contribution in [2.45, 2.75) is 6.92 Å². The van der Waals surface area contributed by atoms with Gasteiger partial charge < -0.3 is 5.11 Å². The summed E-state index contributed by atoms with van der Waals surface area (Å²) in [6.07, 6.45) is 3.23.